The lowest BCUT2D eigenvalue weighted by molar-refractivity contribution is -0.0283. The van der Waals surface area contributed by atoms with Crippen LogP contribution >= 0.6 is 11.3 Å². The lowest BCUT2D eigenvalue weighted by atomic mass is 9.98. The molecule has 0 spiro atoms. The van der Waals surface area contributed by atoms with E-state index in [1.165, 1.54) is 34.8 Å². The Morgan fingerprint density at radius 3 is 3.15 bits per heavy atom. The highest BCUT2D eigenvalue weighted by atomic mass is 32.1. The van der Waals surface area contributed by atoms with E-state index in [9.17, 15) is 0 Å². The molecule has 2 unspecified atom stereocenters. The van der Waals surface area contributed by atoms with Gasteiger partial charge in [-0.2, -0.15) is 0 Å². The normalized spacial score (nSPS) is 27.5. The molecule has 1 fully saturated rings. The van der Waals surface area contributed by atoms with Crippen molar-refractivity contribution in [3.05, 3.63) is 15.6 Å². The number of thiazole rings is 1. The van der Waals surface area contributed by atoms with Crippen molar-refractivity contribution in [3.63, 3.8) is 0 Å². The van der Waals surface area contributed by atoms with Crippen LogP contribution in [0.4, 0.5) is 0 Å². The van der Waals surface area contributed by atoms with Gasteiger partial charge in [-0.05, 0) is 32.4 Å². The van der Waals surface area contributed by atoms with Crippen molar-refractivity contribution in [2.24, 2.45) is 0 Å². The lowest BCUT2D eigenvalue weighted by Crippen LogP contribution is -2.38. The molecule has 0 amide bonds. The molecule has 4 nitrogen and oxygen atoms in total. The Bertz CT molecular complexity index is 448. The third-order valence-corrected chi connectivity index (χ3v) is 5.52. The summed E-state index contributed by atoms with van der Waals surface area (Å²) in [6, 6.07) is 0.458. The van der Waals surface area contributed by atoms with Gasteiger partial charge in [0.05, 0.1) is 18.3 Å². The summed E-state index contributed by atoms with van der Waals surface area (Å²) in [6.45, 7) is 9.39. The molecule has 2 heterocycles. The van der Waals surface area contributed by atoms with E-state index in [2.05, 4.69) is 24.1 Å². The van der Waals surface area contributed by atoms with Gasteiger partial charge in [0.25, 0.3) is 0 Å². The van der Waals surface area contributed by atoms with Gasteiger partial charge < -0.3 is 10.1 Å². The average molecular weight is 295 g/mol. The number of likely N-dealkylation sites (N-methyl/N-ethyl adjacent to an activating group) is 1. The number of fused-ring (bicyclic) bond motifs is 1. The van der Waals surface area contributed by atoms with Crippen LogP contribution in [0.5, 0.6) is 0 Å². The van der Waals surface area contributed by atoms with Crippen LogP contribution in [0, 0.1) is 0 Å². The molecule has 0 radical (unpaired) electrons. The van der Waals surface area contributed by atoms with Crippen LogP contribution in [-0.2, 0) is 11.2 Å². The van der Waals surface area contributed by atoms with Gasteiger partial charge in [-0.15, -0.1) is 11.3 Å². The standard InChI is InChI=1S/C15H25N3OS/c1-3-16-11-6-5-7-13-14(11)17-15(20-13)12-10-18(4-2)8-9-19-12/h11-12,16H,3-10H2,1-2H3. The van der Waals surface area contributed by atoms with Crippen LogP contribution in [0.2, 0.25) is 0 Å². The molecule has 1 saturated heterocycles. The van der Waals surface area contributed by atoms with Crippen LogP contribution in [0.1, 0.15) is 54.4 Å². The van der Waals surface area contributed by atoms with Crippen molar-refractivity contribution < 1.29 is 4.74 Å². The fourth-order valence-corrected chi connectivity index (χ4v) is 4.37. The zero-order valence-corrected chi connectivity index (χ0v) is 13.3. The predicted molar refractivity (Wildman–Crippen MR) is 82.3 cm³/mol. The predicted octanol–water partition coefficient (Wildman–Crippen LogP) is 2.52. The second-order valence-corrected chi connectivity index (χ2v) is 6.73. The van der Waals surface area contributed by atoms with Crippen LogP contribution < -0.4 is 5.32 Å². The van der Waals surface area contributed by atoms with E-state index in [-0.39, 0.29) is 6.10 Å². The number of aromatic nitrogens is 1. The second kappa shape index (κ2) is 6.52. The van der Waals surface area contributed by atoms with Crippen molar-refractivity contribution in [2.75, 3.05) is 32.8 Å². The van der Waals surface area contributed by atoms with Crippen molar-refractivity contribution in [2.45, 2.75) is 45.3 Å². The first-order valence-corrected chi connectivity index (χ1v) is 8.70. The van der Waals surface area contributed by atoms with Crippen LogP contribution in [0.25, 0.3) is 0 Å². The third kappa shape index (κ3) is 2.91. The summed E-state index contributed by atoms with van der Waals surface area (Å²) in [4.78, 5) is 8.88. The number of hydrogen-bond donors (Lipinski definition) is 1. The molecule has 2 aliphatic rings. The molecule has 0 saturated carbocycles. The molecule has 20 heavy (non-hydrogen) atoms. The van der Waals surface area contributed by atoms with Gasteiger partial charge in [0.15, 0.2) is 0 Å². The van der Waals surface area contributed by atoms with Crippen molar-refractivity contribution in [1.29, 1.82) is 0 Å². The number of rotatable bonds is 4. The SMILES string of the molecule is CCNC1CCCc2sc(C3CN(CC)CCO3)nc21. The summed E-state index contributed by atoms with van der Waals surface area (Å²) in [5, 5.41) is 4.76. The van der Waals surface area contributed by atoms with Gasteiger partial charge in [0, 0.05) is 18.0 Å². The minimum absolute atomic E-state index is 0.182. The van der Waals surface area contributed by atoms with E-state index in [1.54, 1.807) is 0 Å². The smallest absolute Gasteiger partial charge is 0.123 e. The molecule has 2 atom stereocenters. The molecule has 1 aliphatic carbocycles. The summed E-state index contributed by atoms with van der Waals surface area (Å²) >= 11 is 1.88. The maximum atomic E-state index is 5.95. The van der Waals surface area contributed by atoms with Crippen molar-refractivity contribution in [1.82, 2.24) is 15.2 Å². The molecule has 112 valence electrons. The maximum Gasteiger partial charge on any atom is 0.123 e. The van der Waals surface area contributed by atoms with Gasteiger partial charge in [-0.25, -0.2) is 4.98 Å². The summed E-state index contributed by atoms with van der Waals surface area (Å²) in [5.41, 5.74) is 1.30. The van der Waals surface area contributed by atoms with Gasteiger partial charge in [-0.1, -0.05) is 13.8 Å². The van der Waals surface area contributed by atoms with Crippen LogP contribution in [-0.4, -0.2) is 42.7 Å². The number of hydrogen-bond acceptors (Lipinski definition) is 5. The summed E-state index contributed by atoms with van der Waals surface area (Å²) in [7, 11) is 0. The Hall–Kier alpha value is -0.490. The van der Waals surface area contributed by atoms with Crippen molar-refractivity contribution in [3.8, 4) is 0 Å². The van der Waals surface area contributed by atoms with E-state index in [0.717, 1.165) is 32.8 Å². The molecule has 1 aliphatic heterocycles. The number of morpholine rings is 1. The number of aryl methyl sites for hydroxylation is 1. The Labute approximate surface area is 125 Å². The van der Waals surface area contributed by atoms with Gasteiger partial charge >= 0.3 is 0 Å². The highest BCUT2D eigenvalue weighted by Crippen LogP contribution is 2.36. The number of nitrogens with zero attached hydrogens (tertiary/aromatic N) is 2. The minimum atomic E-state index is 0.182. The highest BCUT2D eigenvalue weighted by Gasteiger charge is 2.29. The fourth-order valence-electron chi connectivity index (χ4n) is 3.16. The Morgan fingerprint density at radius 2 is 2.35 bits per heavy atom. The topological polar surface area (TPSA) is 37.4 Å². The zero-order valence-electron chi connectivity index (χ0n) is 12.5. The Balaban J connectivity index is 1.78. The zero-order chi connectivity index (χ0) is 13.9. The first-order chi connectivity index (χ1) is 9.81. The molecule has 1 N–H and O–H groups in total. The maximum absolute atomic E-state index is 5.95. The summed E-state index contributed by atoms with van der Waals surface area (Å²) in [5.74, 6) is 0. The molecule has 5 heteroatoms. The van der Waals surface area contributed by atoms with Gasteiger partial charge in [0.2, 0.25) is 0 Å². The monoisotopic (exact) mass is 295 g/mol. The number of nitrogens with one attached hydrogen (secondary N) is 1. The molecule has 1 aromatic heterocycles. The molecule has 1 aromatic rings. The lowest BCUT2D eigenvalue weighted by Gasteiger charge is -2.30. The minimum Gasteiger partial charge on any atom is -0.368 e. The summed E-state index contributed by atoms with van der Waals surface area (Å²) < 4.78 is 5.95. The van der Waals surface area contributed by atoms with Gasteiger partial charge in [-0.3, -0.25) is 4.90 Å². The molecule has 0 bridgehead atoms. The first kappa shape index (κ1) is 14.4. The van der Waals surface area contributed by atoms with Crippen molar-refractivity contribution >= 4 is 11.3 Å². The second-order valence-electron chi connectivity index (χ2n) is 5.62. The Morgan fingerprint density at radius 1 is 1.45 bits per heavy atom. The van der Waals surface area contributed by atoms with E-state index in [1.807, 2.05) is 11.3 Å². The average Bonchev–Trinajstić information content (AvgIpc) is 2.93. The highest BCUT2D eigenvalue weighted by molar-refractivity contribution is 7.11. The molecule has 3 rings (SSSR count). The molecule has 0 aromatic carbocycles. The molecular formula is C15H25N3OS. The van der Waals surface area contributed by atoms with Crippen LogP contribution in [0.3, 0.4) is 0 Å². The van der Waals surface area contributed by atoms with E-state index < -0.39 is 0 Å². The van der Waals surface area contributed by atoms with E-state index in [4.69, 9.17) is 9.72 Å². The quantitative estimate of drug-likeness (QED) is 0.926. The molecular weight excluding hydrogens is 270 g/mol. The number of ether oxygens (including phenoxy) is 1. The van der Waals surface area contributed by atoms with Gasteiger partial charge in [0.1, 0.15) is 11.1 Å². The van der Waals surface area contributed by atoms with E-state index in [0.29, 0.717) is 6.04 Å². The fraction of sp³-hybridized carbons (Fsp3) is 0.800. The van der Waals surface area contributed by atoms with Crippen LogP contribution in [0.15, 0.2) is 0 Å². The first-order valence-electron chi connectivity index (χ1n) is 7.88. The third-order valence-electron chi connectivity index (χ3n) is 4.29. The Kier molecular flexibility index (Phi) is 4.71. The summed E-state index contributed by atoms with van der Waals surface area (Å²) in [6.07, 6.45) is 3.87. The largest absolute Gasteiger partial charge is 0.368 e. The van der Waals surface area contributed by atoms with E-state index >= 15 is 0 Å².